The van der Waals surface area contributed by atoms with Gasteiger partial charge < -0.3 is 9.47 Å². The van der Waals surface area contributed by atoms with Gasteiger partial charge in [-0.2, -0.15) is 0 Å². The number of carbonyl (C=O) groups is 1. The van der Waals surface area contributed by atoms with Gasteiger partial charge in [-0.3, -0.25) is 4.79 Å². The molecule has 0 radical (unpaired) electrons. The van der Waals surface area contributed by atoms with Gasteiger partial charge in [-0.15, -0.1) is 0 Å². The molecule has 0 bridgehead atoms. The van der Waals surface area contributed by atoms with Crippen molar-refractivity contribution in [3.63, 3.8) is 0 Å². The summed E-state index contributed by atoms with van der Waals surface area (Å²) in [6.45, 7) is 7.43. The molecule has 1 heterocycles. The molecule has 0 spiro atoms. The molecule has 0 aromatic heterocycles. The Morgan fingerprint density at radius 2 is 2.05 bits per heavy atom. The van der Waals surface area contributed by atoms with E-state index in [-0.39, 0.29) is 23.9 Å². The molecule has 1 aliphatic rings. The molecule has 3 nitrogen and oxygen atoms in total. The van der Waals surface area contributed by atoms with E-state index in [1.165, 1.54) is 5.57 Å². The number of hydrogen-bond acceptors (Lipinski definition) is 3. The van der Waals surface area contributed by atoms with Gasteiger partial charge in [0.1, 0.15) is 6.10 Å². The Hall–Kier alpha value is -1.61. The van der Waals surface area contributed by atoms with Gasteiger partial charge in [-0.25, -0.2) is 0 Å². The first-order valence-corrected chi connectivity index (χ1v) is 8.04. The van der Waals surface area contributed by atoms with Crippen LogP contribution in [0.2, 0.25) is 0 Å². The van der Waals surface area contributed by atoms with Crippen LogP contribution in [0.25, 0.3) is 0 Å². The summed E-state index contributed by atoms with van der Waals surface area (Å²) in [7, 11) is 0. The molecule has 1 aliphatic heterocycles. The van der Waals surface area contributed by atoms with E-state index in [2.05, 4.69) is 26.8 Å². The third-order valence-electron chi connectivity index (χ3n) is 4.33. The second kappa shape index (κ2) is 8.14. The summed E-state index contributed by atoms with van der Waals surface area (Å²) in [4.78, 5) is 11.9. The number of hydrogen-bond donors (Lipinski definition) is 0. The highest BCUT2D eigenvalue weighted by atomic mass is 16.5. The number of rotatable bonds is 5. The van der Waals surface area contributed by atoms with Crippen molar-refractivity contribution in [2.45, 2.75) is 46.3 Å². The van der Waals surface area contributed by atoms with Crippen molar-refractivity contribution in [3.05, 3.63) is 47.5 Å². The fourth-order valence-electron chi connectivity index (χ4n) is 2.57. The Bertz CT molecular complexity index is 507. The Morgan fingerprint density at radius 1 is 1.32 bits per heavy atom. The first kappa shape index (κ1) is 16.8. The molecule has 0 fully saturated rings. The maximum Gasteiger partial charge on any atom is 0.306 e. The predicted molar refractivity (Wildman–Crippen MR) is 87.3 cm³/mol. The SMILES string of the molecule is C/C1=C/C[C@@H]([C@@H](C)COCc2ccccc2)OC(=O)C[C@H]1C. The van der Waals surface area contributed by atoms with Crippen LogP contribution >= 0.6 is 0 Å². The molecule has 0 saturated carbocycles. The van der Waals surface area contributed by atoms with E-state index in [0.717, 1.165) is 12.0 Å². The van der Waals surface area contributed by atoms with Gasteiger partial charge in [-0.1, -0.05) is 55.8 Å². The summed E-state index contributed by atoms with van der Waals surface area (Å²) in [6.07, 6.45) is 3.36. The van der Waals surface area contributed by atoms with Crippen molar-refractivity contribution in [3.8, 4) is 0 Å². The third-order valence-corrected chi connectivity index (χ3v) is 4.33. The zero-order valence-corrected chi connectivity index (χ0v) is 13.7. The molecule has 0 saturated heterocycles. The molecule has 1 aromatic carbocycles. The quantitative estimate of drug-likeness (QED) is 0.606. The Balaban J connectivity index is 1.85. The Labute approximate surface area is 133 Å². The number of cyclic esters (lactones) is 1. The van der Waals surface area contributed by atoms with Crippen molar-refractivity contribution >= 4 is 5.97 Å². The highest BCUT2D eigenvalue weighted by Crippen LogP contribution is 2.23. The van der Waals surface area contributed by atoms with Crippen LogP contribution in [0.15, 0.2) is 42.0 Å². The molecule has 3 atom stereocenters. The standard InChI is InChI=1S/C19H26O3/c1-14-9-10-18(22-19(20)11-15(14)2)16(3)12-21-13-17-7-5-4-6-8-17/h4-9,15-16,18H,10-13H2,1-3H3/b14-9-/t15-,16+,18+/m1/s1. The van der Waals surface area contributed by atoms with Crippen LogP contribution in [-0.4, -0.2) is 18.7 Å². The summed E-state index contributed by atoms with van der Waals surface area (Å²) >= 11 is 0. The summed E-state index contributed by atoms with van der Waals surface area (Å²) in [5.74, 6) is 0.364. The molecular formula is C19H26O3. The summed E-state index contributed by atoms with van der Waals surface area (Å²) in [6, 6.07) is 10.1. The van der Waals surface area contributed by atoms with E-state index in [9.17, 15) is 4.79 Å². The fraction of sp³-hybridized carbons (Fsp3) is 0.526. The van der Waals surface area contributed by atoms with Gasteiger partial charge in [0.15, 0.2) is 0 Å². The molecule has 22 heavy (non-hydrogen) atoms. The van der Waals surface area contributed by atoms with E-state index in [1.54, 1.807) is 0 Å². The van der Waals surface area contributed by atoms with Gasteiger partial charge >= 0.3 is 5.97 Å². The fourth-order valence-corrected chi connectivity index (χ4v) is 2.57. The first-order valence-electron chi connectivity index (χ1n) is 8.04. The van der Waals surface area contributed by atoms with Gasteiger partial charge in [0.2, 0.25) is 0 Å². The number of allylic oxidation sites excluding steroid dienone is 1. The van der Waals surface area contributed by atoms with Crippen molar-refractivity contribution in [2.75, 3.05) is 6.61 Å². The van der Waals surface area contributed by atoms with E-state index >= 15 is 0 Å². The van der Waals surface area contributed by atoms with Gasteiger partial charge in [0.05, 0.1) is 19.6 Å². The lowest BCUT2D eigenvalue weighted by Crippen LogP contribution is -2.30. The molecule has 120 valence electrons. The predicted octanol–water partition coefficient (Wildman–Crippen LogP) is 4.13. The van der Waals surface area contributed by atoms with E-state index in [0.29, 0.717) is 19.6 Å². The molecule has 3 heteroatoms. The van der Waals surface area contributed by atoms with Crippen LogP contribution in [0.1, 0.15) is 39.2 Å². The minimum atomic E-state index is -0.0974. The Kier molecular flexibility index (Phi) is 6.20. The molecule has 0 unspecified atom stereocenters. The average molecular weight is 302 g/mol. The minimum Gasteiger partial charge on any atom is -0.462 e. The molecule has 2 rings (SSSR count). The normalized spacial score (nSPS) is 26.3. The van der Waals surface area contributed by atoms with Gasteiger partial charge in [0, 0.05) is 12.3 Å². The summed E-state index contributed by atoms with van der Waals surface area (Å²) in [5.41, 5.74) is 2.44. The van der Waals surface area contributed by atoms with Crippen molar-refractivity contribution in [1.29, 1.82) is 0 Å². The molecule has 0 N–H and O–H groups in total. The van der Waals surface area contributed by atoms with E-state index < -0.39 is 0 Å². The van der Waals surface area contributed by atoms with Crippen LogP contribution in [0.3, 0.4) is 0 Å². The third kappa shape index (κ3) is 4.99. The van der Waals surface area contributed by atoms with Crippen LogP contribution < -0.4 is 0 Å². The van der Waals surface area contributed by atoms with Crippen LogP contribution in [0.5, 0.6) is 0 Å². The highest BCUT2D eigenvalue weighted by Gasteiger charge is 2.24. The molecule has 1 aromatic rings. The molecule has 0 aliphatic carbocycles. The second-order valence-electron chi connectivity index (χ2n) is 6.30. The zero-order valence-electron chi connectivity index (χ0n) is 13.7. The lowest BCUT2D eigenvalue weighted by molar-refractivity contribution is -0.153. The summed E-state index contributed by atoms with van der Waals surface area (Å²) < 4.78 is 11.4. The van der Waals surface area contributed by atoms with Crippen LogP contribution in [0, 0.1) is 11.8 Å². The van der Waals surface area contributed by atoms with E-state index in [4.69, 9.17) is 9.47 Å². The lowest BCUT2D eigenvalue weighted by atomic mass is 9.93. The minimum absolute atomic E-state index is 0.0919. The number of carbonyl (C=O) groups excluding carboxylic acids is 1. The monoisotopic (exact) mass is 302 g/mol. The van der Waals surface area contributed by atoms with Crippen LogP contribution in [0.4, 0.5) is 0 Å². The highest BCUT2D eigenvalue weighted by molar-refractivity contribution is 5.70. The second-order valence-corrected chi connectivity index (χ2v) is 6.30. The largest absolute Gasteiger partial charge is 0.462 e. The smallest absolute Gasteiger partial charge is 0.306 e. The number of esters is 1. The first-order chi connectivity index (χ1) is 10.6. The zero-order chi connectivity index (χ0) is 15.9. The lowest BCUT2D eigenvalue weighted by Gasteiger charge is -2.26. The maximum absolute atomic E-state index is 11.9. The summed E-state index contributed by atoms with van der Waals surface area (Å²) in [5, 5.41) is 0. The number of benzene rings is 1. The van der Waals surface area contributed by atoms with Crippen molar-refractivity contribution < 1.29 is 14.3 Å². The molecule has 0 amide bonds. The number of ether oxygens (including phenoxy) is 2. The topological polar surface area (TPSA) is 35.5 Å². The van der Waals surface area contributed by atoms with Gasteiger partial charge in [0.25, 0.3) is 0 Å². The Morgan fingerprint density at radius 3 is 2.77 bits per heavy atom. The van der Waals surface area contributed by atoms with Crippen molar-refractivity contribution in [2.24, 2.45) is 11.8 Å². The van der Waals surface area contributed by atoms with Crippen molar-refractivity contribution in [1.82, 2.24) is 0 Å². The average Bonchev–Trinajstić information content (AvgIpc) is 2.50. The van der Waals surface area contributed by atoms with E-state index in [1.807, 2.05) is 30.3 Å². The van der Waals surface area contributed by atoms with Crippen LogP contribution in [-0.2, 0) is 20.9 Å². The van der Waals surface area contributed by atoms with Gasteiger partial charge in [-0.05, 0) is 18.4 Å². The maximum atomic E-state index is 11.9. The molecular weight excluding hydrogens is 276 g/mol.